The maximum Gasteiger partial charge on any atom is 0.534 e. The Morgan fingerprint density at radius 1 is 1.28 bits per heavy atom. The molecule has 1 amide bonds. The fourth-order valence-electron chi connectivity index (χ4n) is 1.99. The molecule has 1 aliphatic rings. The highest BCUT2D eigenvalue weighted by atomic mass is 32.2. The molecule has 1 atom stereocenters. The fourth-order valence-corrected chi connectivity index (χ4v) is 2.44. The van der Waals surface area contributed by atoms with Crippen LogP contribution in [-0.2, 0) is 14.9 Å². The van der Waals surface area contributed by atoms with Gasteiger partial charge in [0.2, 0.25) is 0 Å². The van der Waals surface area contributed by atoms with Crippen molar-refractivity contribution in [2.45, 2.75) is 37.9 Å². The van der Waals surface area contributed by atoms with Gasteiger partial charge in [-0.1, -0.05) is 0 Å². The van der Waals surface area contributed by atoms with Gasteiger partial charge in [0.15, 0.2) is 0 Å². The van der Waals surface area contributed by atoms with E-state index in [0.29, 0.717) is 5.56 Å². The van der Waals surface area contributed by atoms with E-state index in [1.165, 1.54) is 6.07 Å². The molecule has 2 rings (SSSR count). The number of hydrogen-bond donors (Lipinski definition) is 1. The lowest BCUT2D eigenvalue weighted by molar-refractivity contribution is -0.0500. The van der Waals surface area contributed by atoms with Crippen LogP contribution in [0.15, 0.2) is 18.2 Å². The first kappa shape index (κ1) is 19.2. The van der Waals surface area contributed by atoms with E-state index in [2.05, 4.69) is 9.50 Å². The van der Waals surface area contributed by atoms with Crippen LogP contribution < -0.4 is 14.2 Å². The number of nitrogens with one attached hydrogen (secondary N) is 1. The lowest BCUT2D eigenvalue weighted by atomic mass is 10.1. The third-order valence-electron chi connectivity index (χ3n) is 2.95. The molecule has 140 valence electrons. The van der Waals surface area contributed by atoms with Crippen LogP contribution in [0.4, 0.5) is 18.0 Å². The van der Waals surface area contributed by atoms with Gasteiger partial charge in [-0.2, -0.15) is 21.6 Å². The van der Waals surface area contributed by atoms with Crippen molar-refractivity contribution in [3.05, 3.63) is 23.8 Å². The quantitative estimate of drug-likeness (QED) is 0.638. The molecule has 0 spiro atoms. The zero-order valence-corrected chi connectivity index (χ0v) is 14.3. The molecule has 1 aromatic rings. The summed E-state index contributed by atoms with van der Waals surface area (Å²) < 4.78 is 73.4. The Labute approximate surface area is 142 Å². The van der Waals surface area contributed by atoms with Crippen LogP contribution in [0.2, 0.25) is 0 Å². The lowest BCUT2D eigenvalue weighted by Crippen LogP contribution is -2.35. The zero-order valence-electron chi connectivity index (χ0n) is 13.5. The van der Waals surface area contributed by atoms with Crippen molar-refractivity contribution in [2.24, 2.45) is 0 Å². The summed E-state index contributed by atoms with van der Waals surface area (Å²) in [6.07, 6.45) is -0.686. The van der Waals surface area contributed by atoms with E-state index in [1.807, 2.05) is 0 Å². The van der Waals surface area contributed by atoms with Gasteiger partial charge in [-0.05, 0) is 32.9 Å². The minimum absolute atomic E-state index is 0.0179. The molecule has 0 fully saturated rings. The third-order valence-corrected chi connectivity index (χ3v) is 3.93. The molecule has 0 aliphatic carbocycles. The Balaban J connectivity index is 2.12. The van der Waals surface area contributed by atoms with Crippen LogP contribution in [0.5, 0.6) is 11.5 Å². The van der Waals surface area contributed by atoms with Gasteiger partial charge in [-0.15, -0.1) is 0 Å². The number of fused-ring (bicyclic) bond motifs is 1. The average molecular weight is 383 g/mol. The topological polar surface area (TPSA) is 90.9 Å². The maximum absolute atomic E-state index is 12.3. The number of benzene rings is 1. The van der Waals surface area contributed by atoms with Gasteiger partial charge in [0.1, 0.15) is 23.7 Å². The van der Waals surface area contributed by atoms with Crippen LogP contribution in [-0.4, -0.2) is 32.2 Å². The molecule has 1 aliphatic heterocycles. The van der Waals surface area contributed by atoms with Crippen molar-refractivity contribution in [3.8, 4) is 11.5 Å². The number of hydrogen-bond acceptors (Lipinski definition) is 6. The number of amides is 1. The van der Waals surface area contributed by atoms with Crippen LogP contribution in [0.1, 0.15) is 32.4 Å². The van der Waals surface area contributed by atoms with Gasteiger partial charge < -0.3 is 19.0 Å². The largest absolute Gasteiger partial charge is 0.534 e. The average Bonchev–Trinajstić information content (AvgIpc) is 2.77. The van der Waals surface area contributed by atoms with Crippen molar-refractivity contribution in [1.29, 1.82) is 0 Å². The predicted molar refractivity (Wildman–Crippen MR) is 79.7 cm³/mol. The standard InChI is InChI=1S/C14H16F3NO6S/c1-13(2,3)23-12(19)18-10-7-22-11-6-8(4-5-9(10)11)24-25(20,21)14(15,16)17/h4-6,10H,7H2,1-3H3,(H,18,19)/t10-/m1/s1. The zero-order chi connectivity index (χ0) is 19.0. The number of halogens is 3. The van der Waals surface area contributed by atoms with Crippen LogP contribution in [0, 0.1) is 0 Å². The van der Waals surface area contributed by atoms with Crippen molar-refractivity contribution >= 4 is 16.2 Å². The van der Waals surface area contributed by atoms with Gasteiger partial charge in [-0.25, -0.2) is 4.79 Å². The number of carbonyl (C=O) groups excluding carboxylic acids is 1. The van der Waals surface area contributed by atoms with Crippen LogP contribution >= 0.6 is 0 Å². The van der Waals surface area contributed by atoms with Gasteiger partial charge >= 0.3 is 21.7 Å². The van der Waals surface area contributed by atoms with Crippen molar-refractivity contribution in [1.82, 2.24) is 5.32 Å². The summed E-state index contributed by atoms with van der Waals surface area (Å²) in [5, 5.41) is 2.56. The maximum atomic E-state index is 12.3. The van der Waals surface area contributed by atoms with Crippen molar-refractivity contribution in [3.63, 3.8) is 0 Å². The molecule has 7 nitrogen and oxygen atoms in total. The third kappa shape index (κ3) is 4.68. The van der Waals surface area contributed by atoms with Crippen molar-refractivity contribution in [2.75, 3.05) is 6.61 Å². The van der Waals surface area contributed by atoms with E-state index in [0.717, 1.165) is 12.1 Å². The second-order valence-corrected chi connectivity index (χ2v) is 7.73. The van der Waals surface area contributed by atoms with E-state index < -0.39 is 39.1 Å². The number of carbonyl (C=O) groups is 1. The Bertz CT molecular complexity index is 770. The monoisotopic (exact) mass is 383 g/mol. The molecule has 0 aromatic heterocycles. The normalized spacial score (nSPS) is 17.4. The number of rotatable bonds is 3. The summed E-state index contributed by atoms with van der Waals surface area (Å²) in [4.78, 5) is 11.8. The first-order valence-corrected chi connectivity index (χ1v) is 8.46. The summed E-state index contributed by atoms with van der Waals surface area (Å²) in [5.74, 6) is -0.440. The minimum atomic E-state index is -5.77. The SMILES string of the molecule is CC(C)(C)OC(=O)N[C@@H]1COc2cc(OS(=O)(=O)C(F)(F)F)ccc21. The lowest BCUT2D eigenvalue weighted by Gasteiger charge is -2.21. The van der Waals surface area contributed by atoms with E-state index in [4.69, 9.17) is 9.47 Å². The first-order valence-electron chi connectivity index (χ1n) is 7.05. The smallest absolute Gasteiger partial charge is 0.491 e. The van der Waals surface area contributed by atoms with Gasteiger partial charge in [0.25, 0.3) is 0 Å². The second-order valence-electron chi connectivity index (χ2n) is 6.19. The molecule has 0 bridgehead atoms. The second kappa shape index (κ2) is 6.28. The highest BCUT2D eigenvalue weighted by Gasteiger charge is 2.48. The van der Waals surface area contributed by atoms with Crippen LogP contribution in [0.25, 0.3) is 0 Å². The molecule has 0 saturated carbocycles. The summed E-state index contributed by atoms with van der Waals surface area (Å²) >= 11 is 0. The first-order chi connectivity index (χ1) is 11.3. The highest BCUT2D eigenvalue weighted by molar-refractivity contribution is 7.88. The molecule has 1 aromatic carbocycles. The molecule has 1 N–H and O–H groups in total. The molecule has 0 saturated heterocycles. The van der Waals surface area contributed by atoms with E-state index in [9.17, 15) is 26.4 Å². The highest BCUT2D eigenvalue weighted by Crippen LogP contribution is 2.37. The Morgan fingerprint density at radius 3 is 2.48 bits per heavy atom. The molecular formula is C14H16F3NO6S. The summed E-state index contributed by atoms with van der Waals surface area (Å²) in [6.45, 7) is 5.09. The molecule has 1 heterocycles. The predicted octanol–water partition coefficient (Wildman–Crippen LogP) is 2.87. The van der Waals surface area contributed by atoms with Crippen molar-refractivity contribution < 1.29 is 40.0 Å². The summed E-state index contributed by atoms with van der Waals surface area (Å²) in [7, 11) is -5.77. The van der Waals surface area contributed by atoms with E-state index in [-0.39, 0.29) is 12.4 Å². The van der Waals surface area contributed by atoms with E-state index in [1.54, 1.807) is 20.8 Å². The molecule has 0 radical (unpaired) electrons. The van der Waals surface area contributed by atoms with Gasteiger partial charge in [0, 0.05) is 11.6 Å². The molecule has 11 heteroatoms. The number of alkyl halides is 3. The minimum Gasteiger partial charge on any atom is -0.491 e. The van der Waals surface area contributed by atoms with Gasteiger partial charge in [0.05, 0.1) is 6.04 Å². The molecular weight excluding hydrogens is 367 g/mol. The van der Waals surface area contributed by atoms with Crippen LogP contribution in [0.3, 0.4) is 0 Å². The van der Waals surface area contributed by atoms with Gasteiger partial charge in [-0.3, -0.25) is 0 Å². The molecule has 25 heavy (non-hydrogen) atoms. The molecule has 0 unspecified atom stereocenters. The fraction of sp³-hybridized carbons (Fsp3) is 0.500. The number of alkyl carbamates (subject to hydrolysis) is 1. The number of ether oxygens (including phenoxy) is 2. The summed E-state index contributed by atoms with van der Waals surface area (Å²) in [6, 6.07) is 2.78. The Kier molecular flexibility index (Phi) is 4.81. The van der Waals surface area contributed by atoms with E-state index >= 15 is 0 Å². The Hall–Kier alpha value is -2.17. The summed E-state index contributed by atoms with van der Waals surface area (Å²) in [5.41, 5.74) is -5.77. The Morgan fingerprint density at radius 2 is 1.92 bits per heavy atom.